The standard InChI is InChI=1S/C63H42N2O.C57H38N2S/c1-5-18-43(19-6-1)44-32-36-49(37-33-44)64(51-40-41-54-53-26-13-15-30-57(53)63(58(54)42-51,46-20-7-2-8-21-46)47-22-9-3-10-23-47)50-38-34-45(35-39-50)52-28-17-29-56-60-62(66-61(52)56)55-27-14-16-31-59(55)65(60)48-24-11-4-12-25-48;1-5-18-40(19-6-1)57(41-20-7-2-8-21-41)51-30-15-13-26-47(51)48-37-36-45(38-52(48)57)58(42-22-9-3-10-23-42)44-34-32-39(33-35-44)46-28-17-29-50-54-56(60-55(46)50)49-27-14-16-31-53(49)59(54)43-24-11-4-12-25-43/h1-42H;1-38H. The molecule has 0 saturated heterocycles. The van der Waals surface area contributed by atoms with Gasteiger partial charge in [0.1, 0.15) is 11.1 Å². The zero-order chi connectivity index (χ0) is 83.2. The monoisotopic (exact) mass is 1620 g/mol. The largest absolute Gasteiger partial charge is 0.453 e. The summed E-state index contributed by atoms with van der Waals surface area (Å²) in [4.78, 5) is 4.81. The van der Waals surface area contributed by atoms with Crippen LogP contribution in [0.4, 0.5) is 34.1 Å². The van der Waals surface area contributed by atoms with Crippen molar-refractivity contribution in [3.63, 3.8) is 0 Å². The summed E-state index contributed by atoms with van der Waals surface area (Å²) in [6, 6.07) is 177. The molecule has 0 radical (unpaired) electrons. The second-order valence-electron chi connectivity index (χ2n) is 32.8. The van der Waals surface area contributed by atoms with Crippen LogP contribution >= 0.6 is 11.3 Å². The van der Waals surface area contributed by atoms with Crippen molar-refractivity contribution in [3.05, 3.63) is 530 Å². The Hall–Kier alpha value is -16.1. The third kappa shape index (κ3) is 11.7. The number of rotatable bonds is 15. The number of hydrogen-bond acceptors (Lipinski definition) is 4. The number of thiophene rings is 1. The van der Waals surface area contributed by atoms with E-state index in [1.165, 1.54) is 126 Å². The Morgan fingerprint density at radius 1 is 0.206 bits per heavy atom. The molecule has 0 saturated carbocycles. The number of furan rings is 1. The van der Waals surface area contributed by atoms with Gasteiger partial charge in [0.15, 0.2) is 5.58 Å². The topological polar surface area (TPSA) is 29.5 Å². The van der Waals surface area contributed by atoms with E-state index >= 15 is 0 Å². The maximum atomic E-state index is 6.95. The summed E-state index contributed by atoms with van der Waals surface area (Å²) >= 11 is 1.90. The Morgan fingerprint density at radius 2 is 0.540 bits per heavy atom. The molecule has 126 heavy (non-hydrogen) atoms. The molecule has 0 N–H and O–H groups in total. The number of hydrogen-bond donors (Lipinski definition) is 0. The van der Waals surface area contributed by atoms with Crippen LogP contribution in [0.15, 0.2) is 490 Å². The molecular formula is C120H80N4OS. The minimum atomic E-state index is -0.518. The molecule has 0 amide bonds. The van der Waals surface area contributed by atoms with Crippen LogP contribution in [0.3, 0.4) is 0 Å². The van der Waals surface area contributed by atoms with Crippen molar-refractivity contribution in [2.75, 3.05) is 9.80 Å². The van der Waals surface area contributed by atoms with Gasteiger partial charge in [-0.2, -0.15) is 0 Å². The lowest BCUT2D eigenvalue weighted by atomic mass is 9.67. The fourth-order valence-electron chi connectivity index (χ4n) is 20.8. The molecule has 5 nitrogen and oxygen atoms in total. The highest BCUT2D eigenvalue weighted by Gasteiger charge is 2.48. The number of benzene rings is 19. The highest BCUT2D eigenvalue weighted by molar-refractivity contribution is 7.27. The van der Waals surface area contributed by atoms with Crippen LogP contribution in [-0.2, 0) is 10.8 Å². The molecule has 4 heterocycles. The van der Waals surface area contributed by atoms with Crippen molar-refractivity contribution in [1.29, 1.82) is 0 Å². The summed E-state index contributed by atoms with van der Waals surface area (Å²) < 4.78 is 14.4. The first-order chi connectivity index (χ1) is 62.5. The maximum absolute atomic E-state index is 6.95. The Bertz CT molecular complexity index is 7950. The zero-order valence-electron chi connectivity index (χ0n) is 68.8. The van der Waals surface area contributed by atoms with E-state index in [-0.39, 0.29) is 0 Å². The second kappa shape index (κ2) is 30.5. The molecule has 592 valence electrons. The Labute approximate surface area is 735 Å². The van der Waals surface area contributed by atoms with Crippen molar-refractivity contribution >= 4 is 110 Å². The summed E-state index contributed by atoms with van der Waals surface area (Å²) in [7, 11) is 0. The van der Waals surface area contributed by atoms with Gasteiger partial charge < -0.3 is 23.4 Å². The molecule has 2 aliphatic carbocycles. The average Bonchev–Trinajstić information content (AvgIpc) is 1.53. The van der Waals surface area contributed by atoms with E-state index < -0.39 is 10.8 Å². The lowest BCUT2D eigenvalue weighted by Gasteiger charge is -2.35. The molecule has 0 aliphatic heterocycles. The van der Waals surface area contributed by atoms with Crippen LogP contribution in [0.1, 0.15) is 44.5 Å². The molecule has 0 bridgehead atoms. The quantitative estimate of drug-likeness (QED) is 0.102. The molecule has 19 aromatic carbocycles. The van der Waals surface area contributed by atoms with Crippen molar-refractivity contribution < 1.29 is 4.42 Å². The van der Waals surface area contributed by atoms with Gasteiger partial charge in [-0.3, -0.25) is 0 Å². The fourth-order valence-corrected chi connectivity index (χ4v) is 22.1. The normalized spacial score (nSPS) is 12.7. The molecule has 0 unspecified atom stereocenters. The lowest BCUT2D eigenvalue weighted by Crippen LogP contribution is -2.28. The summed E-state index contributed by atoms with van der Waals surface area (Å²) in [6.07, 6.45) is 0. The van der Waals surface area contributed by atoms with Crippen LogP contribution in [0.25, 0.3) is 131 Å². The molecule has 0 fully saturated rings. The van der Waals surface area contributed by atoms with Gasteiger partial charge in [0.25, 0.3) is 0 Å². The van der Waals surface area contributed by atoms with E-state index in [2.05, 4.69) is 504 Å². The number of nitrogens with zero attached hydrogens (tertiary/aromatic N) is 4. The molecule has 4 aromatic heterocycles. The summed E-state index contributed by atoms with van der Waals surface area (Å²) in [5, 5.41) is 4.76. The van der Waals surface area contributed by atoms with E-state index in [0.717, 1.165) is 83.9 Å². The second-order valence-corrected chi connectivity index (χ2v) is 33.8. The Kier molecular flexibility index (Phi) is 17.8. The van der Waals surface area contributed by atoms with Crippen LogP contribution in [-0.4, -0.2) is 9.13 Å². The van der Waals surface area contributed by atoms with Gasteiger partial charge in [-0.05, 0) is 216 Å². The predicted molar refractivity (Wildman–Crippen MR) is 527 cm³/mol. The van der Waals surface area contributed by atoms with Crippen molar-refractivity contribution in [2.45, 2.75) is 10.8 Å². The molecular weight excluding hydrogens is 1550 g/mol. The predicted octanol–water partition coefficient (Wildman–Crippen LogP) is 32.2. The SMILES string of the molecule is c1ccc(-c2ccc(N(c3ccc(-c4cccc5c4oc4c6ccccc6n(-c6ccccc6)c54)cc3)c3ccc4c(c3)C(c3ccccc3)(c3ccccc3)c3ccccc3-4)cc2)cc1.c1ccc(N(c2ccc(-c3cccc4c3sc3c5ccccc5n(-c5ccccc5)c43)cc2)c2ccc3c(c2)C(c2ccccc2)(c2ccccc2)c2ccccc2-3)cc1. The first-order valence-corrected chi connectivity index (χ1v) is 44.1. The average molecular weight is 1630 g/mol. The van der Waals surface area contributed by atoms with E-state index in [1.54, 1.807) is 0 Å². The van der Waals surface area contributed by atoms with Gasteiger partial charge >= 0.3 is 0 Å². The molecule has 0 atom stereocenters. The smallest absolute Gasteiger partial charge is 0.161 e. The molecule has 0 spiro atoms. The third-order valence-electron chi connectivity index (χ3n) is 26.2. The van der Waals surface area contributed by atoms with Gasteiger partial charge in [0.2, 0.25) is 0 Å². The van der Waals surface area contributed by atoms with E-state index in [9.17, 15) is 0 Å². The van der Waals surface area contributed by atoms with Gasteiger partial charge in [-0.15, -0.1) is 11.3 Å². The lowest BCUT2D eigenvalue weighted by molar-refractivity contribution is 0.674. The number of fused-ring (bicyclic) bond motifs is 16. The summed E-state index contributed by atoms with van der Waals surface area (Å²) in [5.74, 6) is 0. The first kappa shape index (κ1) is 73.8. The zero-order valence-corrected chi connectivity index (χ0v) is 69.6. The van der Waals surface area contributed by atoms with E-state index in [4.69, 9.17) is 4.42 Å². The summed E-state index contributed by atoms with van der Waals surface area (Å²) in [5.41, 5.74) is 36.6. The summed E-state index contributed by atoms with van der Waals surface area (Å²) in [6.45, 7) is 0. The van der Waals surface area contributed by atoms with Gasteiger partial charge in [-0.1, -0.05) is 364 Å². The first-order valence-electron chi connectivity index (χ1n) is 43.3. The number of aromatic nitrogens is 2. The molecule has 25 rings (SSSR count). The fraction of sp³-hybridized carbons (Fsp3) is 0.0167. The van der Waals surface area contributed by atoms with Crippen molar-refractivity contribution in [3.8, 4) is 67.0 Å². The van der Waals surface area contributed by atoms with Crippen LogP contribution in [0.2, 0.25) is 0 Å². The maximum Gasteiger partial charge on any atom is 0.161 e. The molecule has 2 aliphatic rings. The van der Waals surface area contributed by atoms with Gasteiger partial charge in [0, 0.05) is 77.3 Å². The van der Waals surface area contributed by atoms with Crippen LogP contribution < -0.4 is 9.80 Å². The molecule has 6 heteroatoms. The minimum absolute atomic E-state index is 0.479. The Morgan fingerprint density at radius 3 is 1.03 bits per heavy atom. The van der Waals surface area contributed by atoms with Crippen LogP contribution in [0.5, 0.6) is 0 Å². The molecule has 23 aromatic rings. The number of para-hydroxylation sites is 6. The minimum Gasteiger partial charge on any atom is -0.453 e. The van der Waals surface area contributed by atoms with Crippen molar-refractivity contribution in [1.82, 2.24) is 9.13 Å². The number of anilines is 6. The van der Waals surface area contributed by atoms with Gasteiger partial charge in [-0.25, -0.2) is 0 Å². The highest BCUT2D eigenvalue weighted by Crippen LogP contribution is 2.60. The third-order valence-corrected chi connectivity index (χ3v) is 27.4. The highest BCUT2D eigenvalue weighted by atomic mass is 32.1. The van der Waals surface area contributed by atoms with E-state index in [1.807, 2.05) is 11.3 Å². The van der Waals surface area contributed by atoms with Crippen LogP contribution in [0, 0.1) is 0 Å². The van der Waals surface area contributed by atoms with E-state index in [0.29, 0.717) is 0 Å². The Balaban J connectivity index is 0.000000142. The van der Waals surface area contributed by atoms with Gasteiger partial charge in [0.05, 0.1) is 32.1 Å². The van der Waals surface area contributed by atoms with Crippen molar-refractivity contribution in [2.24, 2.45) is 0 Å².